The van der Waals surface area contributed by atoms with Crippen LogP contribution in [-0.4, -0.2) is 27.2 Å². The first-order chi connectivity index (χ1) is 10.2. The molecule has 1 aromatic carbocycles. The molecule has 2 heterocycles. The van der Waals surface area contributed by atoms with Crippen molar-refractivity contribution in [2.75, 3.05) is 6.61 Å². The molecule has 0 atom stereocenters. The van der Waals surface area contributed by atoms with Gasteiger partial charge in [0.1, 0.15) is 11.2 Å². The summed E-state index contributed by atoms with van der Waals surface area (Å²) in [7, 11) is 0. The van der Waals surface area contributed by atoms with Crippen LogP contribution in [0.15, 0.2) is 48.7 Å². The largest absolute Gasteiger partial charge is 0.494 e. The number of benzene rings is 1. The molecule has 0 amide bonds. The maximum atomic E-state index is 12.1. The molecule has 0 unspecified atom stereocenters. The SMILES string of the molecule is CCOC(=O)c1c(O)n(-c2ccccc2)c2ncccc12. The van der Waals surface area contributed by atoms with Crippen LogP contribution in [0.5, 0.6) is 5.88 Å². The Balaban J connectivity index is 2.31. The standard InChI is InChI=1S/C16H14N2O3/c1-2-21-16(20)13-12-9-6-10-17-14(12)18(15(13)19)11-7-4-3-5-8-11/h3-10,19H,2H2,1H3. The second-order valence-electron chi connectivity index (χ2n) is 4.46. The predicted octanol–water partition coefficient (Wildman–Crippen LogP) is 2.91. The van der Waals surface area contributed by atoms with E-state index >= 15 is 0 Å². The lowest BCUT2D eigenvalue weighted by Gasteiger charge is -2.06. The lowest BCUT2D eigenvalue weighted by Crippen LogP contribution is -2.04. The first-order valence-corrected chi connectivity index (χ1v) is 6.65. The van der Waals surface area contributed by atoms with Crippen molar-refractivity contribution in [1.82, 2.24) is 9.55 Å². The van der Waals surface area contributed by atoms with Crippen LogP contribution in [0.4, 0.5) is 0 Å². The van der Waals surface area contributed by atoms with Crippen molar-refractivity contribution in [1.29, 1.82) is 0 Å². The number of para-hydroxylation sites is 1. The molecule has 106 valence electrons. The van der Waals surface area contributed by atoms with Crippen LogP contribution < -0.4 is 0 Å². The molecular weight excluding hydrogens is 268 g/mol. The molecule has 21 heavy (non-hydrogen) atoms. The number of hydrogen-bond acceptors (Lipinski definition) is 4. The maximum absolute atomic E-state index is 12.1. The average Bonchev–Trinajstić information content (AvgIpc) is 2.80. The third-order valence-electron chi connectivity index (χ3n) is 3.20. The summed E-state index contributed by atoms with van der Waals surface area (Å²) < 4.78 is 6.57. The van der Waals surface area contributed by atoms with Crippen molar-refractivity contribution in [3.63, 3.8) is 0 Å². The van der Waals surface area contributed by atoms with Crippen molar-refractivity contribution in [2.24, 2.45) is 0 Å². The summed E-state index contributed by atoms with van der Waals surface area (Å²) in [4.78, 5) is 16.4. The van der Waals surface area contributed by atoms with Gasteiger partial charge >= 0.3 is 5.97 Å². The van der Waals surface area contributed by atoms with E-state index in [9.17, 15) is 9.90 Å². The number of nitrogens with zero attached hydrogens (tertiary/aromatic N) is 2. The lowest BCUT2D eigenvalue weighted by atomic mass is 10.2. The molecule has 5 nitrogen and oxygen atoms in total. The smallest absolute Gasteiger partial charge is 0.344 e. The first-order valence-electron chi connectivity index (χ1n) is 6.65. The van der Waals surface area contributed by atoms with Gasteiger partial charge in [-0.05, 0) is 31.2 Å². The summed E-state index contributed by atoms with van der Waals surface area (Å²) in [5, 5.41) is 11.1. The van der Waals surface area contributed by atoms with E-state index in [1.165, 1.54) is 0 Å². The normalized spacial score (nSPS) is 10.7. The molecule has 3 rings (SSSR count). The lowest BCUT2D eigenvalue weighted by molar-refractivity contribution is 0.0525. The van der Waals surface area contributed by atoms with Crippen molar-refractivity contribution in [3.05, 3.63) is 54.2 Å². The average molecular weight is 282 g/mol. The van der Waals surface area contributed by atoms with Gasteiger partial charge in [-0.3, -0.25) is 4.57 Å². The Kier molecular flexibility index (Phi) is 3.31. The van der Waals surface area contributed by atoms with Crippen molar-refractivity contribution in [3.8, 4) is 11.6 Å². The highest BCUT2D eigenvalue weighted by Crippen LogP contribution is 2.33. The van der Waals surface area contributed by atoms with Crippen molar-refractivity contribution >= 4 is 17.0 Å². The minimum Gasteiger partial charge on any atom is -0.494 e. The van der Waals surface area contributed by atoms with Crippen molar-refractivity contribution in [2.45, 2.75) is 6.92 Å². The van der Waals surface area contributed by atoms with Gasteiger partial charge in [0.05, 0.1) is 12.3 Å². The molecule has 0 aliphatic rings. The number of carbonyl (C=O) groups is 1. The molecule has 1 N–H and O–H groups in total. The van der Waals surface area contributed by atoms with Gasteiger partial charge in [-0.15, -0.1) is 0 Å². The number of esters is 1. The first kappa shape index (κ1) is 13.2. The Labute approximate surface area is 121 Å². The number of hydrogen-bond donors (Lipinski definition) is 1. The predicted molar refractivity (Wildman–Crippen MR) is 78.7 cm³/mol. The van der Waals surface area contributed by atoms with E-state index in [1.807, 2.05) is 30.3 Å². The van der Waals surface area contributed by atoms with E-state index in [2.05, 4.69) is 4.98 Å². The van der Waals surface area contributed by atoms with Gasteiger partial charge in [0.15, 0.2) is 0 Å². The van der Waals surface area contributed by atoms with Crippen LogP contribution >= 0.6 is 0 Å². The molecule has 3 aromatic rings. The summed E-state index contributed by atoms with van der Waals surface area (Å²) in [6.45, 7) is 1.97. The van der Waals surface area contributed by atoms with E-state index in [4.69, 9.17) is 4.74 Å². The molecule has 0 aliphatic heterocycles. The van der Waals surface area contributed by atoms with E-state index in [0.29, 0.717) is 11.0 Å². The fourth-order valence-corrected chi connectivity index (χ4v) is 2.33. The van der Waals surface area contributed by atoms with Crippen LogP contribution in [-0.2, 0) is 4.74 Å². The minimum atomic E-state index is -0.553. The highest BCUT2D eigenvalue weighted by molar-refractivity contribution is 6.06. The molecule has 2 aromatic heterocycles. The zero-order valence-corrected chi connectivity index (χ0v) is 11.5. The zero-order valence-electron chi connectivity index (χ0n) is 11.5. The van der Waals surface area contributed by atoms with E-state index in [0.717, 1.165) is 5.69 Å². The highest BCUT2D eigenvalue weighted by Gasteiger charge is 2.24. The Morgan fingerprint density at radius 2 is 2.00 bits per heavy atom. The summed E-state index contributed by atoms with van der Waals surface area (Å²) in [6, 6.07) is 12.7. The van der Waals surface area contributed by atoms with Gasteiger partial charge in [-0.1, -0.05) is 18.2 Å². The highest BCUT2D eigenvalue weighted by atomic mass is 16.5. The van der Waals surface area contributed by atoms with Crippen LogP contribution in [0, 0.1) is 0 Å². The fourth-order valence-electron chi connectivity index (χ4n) is 2.33. The van der Waals surface area contributed by atoms with Crippen molar-refractivity contribution < 1.29 is 14.6 Å². The van der Waals surface area contributed by atoms with E-state index < -0.39 is 5.97 Å². The van der Waals surface area contributed by atoms with Gasteiger partial charge < -0.3 is 9.84 Å². The van der Waals surface area contributed by atoms with Crippen LogP contribution in [0.2, 0.25) is 0 Å². The summed E-state index contributed by atoms with van der Waals surface area (Å²) in [6.07, 6.45) is 1.62. The molecule has 0 spiro atoms. The Morgan fingerprint density at radius 3 is 2.71 bits per heavy atom. The molecular formula is C16H14N2O3. The molecule has 0 saturated carbocycles. The number of aromatic hydroxyl groups is 1. The number of carbonyl (C=O) groups excluding carboxylic acids is 1. The Bertz CT molecular complexity index is 794. The molecule has 0 bridgehead atoms. The van der Waals surface area contributed by atoms with Crippen LogP contribution in [0.1, 0.15) is 17.3 Å². The number of rotatable bonds is 3. The van der Waals surface area contributed by atoms with Gasteiger partial charge in [-0.2, -0.15) is 0 Å². The second kappa shape index (κ2) is 5.28. The summed E-state index contributed by atoms with van der Waals surface area (Å²) in [5.74, 6) is -0.712. The van der Waals surface area contributed by atoms with E-state index in [-0.39, 0.29) is 18.1 Å². The number of fused-ring (bicyclic) bond motifs is 1. The minimum absolute atomic E-state index is 0.142. The van der Waals surface area contributed by atoms with Gasteiger partial charge in [0, 0.05) is 11.6 Å². The molecule has 0 fully saturated rings. The zero-order chi connectivity index (χ0) is 14.8. The third-order valence-corrected chi connectivity index (χ3v) is 3.20. The Hall–Kier alpha value is -2.82. The van der Waals surface area contributed by atoms with Crippen LogP contribution in [0.25, 0.3) is 16.7 Å². The number of ether oxygens (including phenoxy) is 1. The molecule has 0 saturated heterocycles. The van der Waals surface area contributed by atoms with Gasteiger partial charge in [-0.25, -0.2) is 9.78 Å². The summed E-state index contributed by atoms with van der Waals surface area (Å²) >= 11 is 0. The monoisotopic (exact) mass is 282 g/mol. The third kappa shape index (κ3) is 2.12. The quantitative estimate of drug-likeness (QED) is 0.750. The van der Waals surface area contributed by atoms with Crippen LogP contribution in [0.3, 0.4) is 0 Å². The number of pyridine rings is 1. The number of aromatic nitrogens is 2. The Morgan fingerprint density at radius 1 is 1.24 bits per heavy atom. The van der Waals surface area contributed by atoms with Gasteiger partial charge in [0.2, 0.25) is 5.88 Å². The second-order valence-corrected chi connectivity index (χ2v) is 4.46. The molecule has 0 aliphatic carbocycles. The molecule has 5 heteroatoms. The maximum Gasteiger partial charge on any atom is 0.344 e. The van der Waals surface area contributed by atoms with Gasteiger partial charge in [0.25, 0.3) is 0 Å². The van der Waals surface area contributed by atoms with E-state index in [1.54, 1.807) is 29.8 Å². The fraction of sp³-hybridized carbons (Fsp3) is 0.125. The topological polar surface area (TPSA) is 64.3 Å². The summed E-state index contributed by atoms with van der Waals surface area (Å²) in [5.41, 5.74) is 1.39. The molecule has 0 radical (unpaired) electrons.